The molecule has 4 N–H and O–H groups in total. The minimum atomic E-state index is -0.347. The summed E-state index contributed by atoms with van der Waals surface area (Å²) in [6, 6.07) is 7.15. The number of para-hydroxylation sites is 1. The molecule has 0 aliphatic carbocycles. The third kappa shape index (κ3) is 3.31. The predicted molar refractivity (Wildman–Crippen MR) is 106 cm³/mol. The number of amides is 2. The number of carbonyl (C=O) groups is 1. The number of ether oxygens (including phenoxy) is 2. The monoisotopic (exact) mass is 383 g/mol. The fraction of sp³-hybridized carbons (Fsp3) is 0.278. The Bertz CT molecular complexity index is 1020. The highest BCUT2D eigenvalue weighted by atomic mass is 16.5. The summed E-state index contributed by atoms with van der Waals surface area (Å²) in [6.45, 7) is 1.21. The molecule has 4 rings (SSSR count). The van der Waals surface area contributed by atoms with Gasteiger partial charge in [-0.3, -0.25) is 0 Å². The lowest BCUT2D eigenvalue weighted by Gasteiger charge is -2.15. The average Bonchev–Trinajstić information content (AvgIpc) is 2.95. The molecule has 0 spiro atoms. The first kappa shape index (κ1) is 17.7. The molecule has 1 aromatic carbocycles. The van der Waals surface area contributed by atoms with E-state index in [9.17, 15) is 4.79 Å². The fourth-order valence-electron chi connectivity index (χ4n) is 2.91. The van der Waals surface area contributed by atoms with Crippen LogP contribution in [0.3, 0.4) is 0 Å². The third-order valence-electron chi connectivity index (χ3n) is 4.24. The van der Waals surface area contributed by atoms with Gasteiger partial charge in [-0.1, -0.05) is 6.07 Å². The maximum atomic E-state index is 11.7. The van der Waals surface area contributed by atoms with Crippen molar-refractivity contribution in [3.05, 3.63) is 30.5 Å². The molecule has 0 radical (unpaired) electrons. The van der Waals surface area contributed by atoms with Crippen LogP contribution in [-0.2, 0) is 0 Å². The molecule has 1 aliphatic rings. The first-order valence-electron chi connectivity index (χ1n) is 8.90. The van der Waals surface area contributed by atoms with Crippen molar-refractivity contribution in [3.63, 3.8) is 0 Å². The van der Waals surface area contributed by atoms with Gasteiger partial charge in [0.05, 0.1) is 25.1 Å². The van der Waals surface area contributed by atoms with Gasteiger partial charge in [0.1, 0.15) is 17.3 Å². The molecule has 10 nitrogen and oxygen atoms in total. The number of urea groups is 1. The summed E-state index contributed by atoms with van der Waals surface area (Å²) in [6.07, 6.45) is 2.38. The third-order valence-corrected chi connectivity index (χ3v) is 4.24. The van der Waals surface area contributed by atoms with Crippen LogP contribution in [0.1, 0.15) is 6.42 Å². The molecule has 146 valence electrons. The van der Waals surface area contributed by atoms with Crippen LogP contribution in [0.4, 0.5) is 27.8 Å². The molecule has 28 heavy (non-hydrogen) atoms. The normalized spacial score (nSPS) is 12.9. The number of hydrogen-bond acceptors (Lipinski definition) is 7. The smallest absolute Gasteiger partial charge is 0.319 e. The quantitative estimate of drug-likeness (QED) is 0.547. The number of benzene rings is 1. The number of aromatic nitrogens is 3. The number of nitrogens with zero attached hydrogens (tertiary/aromatic N) is 3. The number of nitrogens with one attached hydrogen (secondary N) is 4. The van der Waals surface area contributed by atoms with E-state index in [-0.39, 0.29) is 6.03 Å². The predicted octanol–water partition coefficient (Wildman–Crippen LogP) is 2.43. The van der Waals surface area contributed by atoms with Crippen LogP contribution in [0.2, 0.25) is 0 Å². The van der Waals surface area contributed by atoms with Gasteiger partial charge in [0.15, 0.2) is 17.1 Å². The Kier molecular flexibility index (Phi) is 4.75. The molecular formula is C18H21N7O3. The average molecular weight is 383 g/mol. The summed E-state index contributed by atoms with van der Waals surface area (Å²) in [5.74, 6) is 2.63. The van der Waals surface area contributed by atoms with Gasteiger partial charge in [0.25, 0.3) is 0 Å². The summed E-state index contributed by atoms with van der Waals surface area (Å²) in [5.41, 5.74) is 1.74. The molecule has 0 saturated carbocycles. The van der Waals surface area contributed by atoms with Crippen LogP contribution in [0.15, 0.2) is 30.5 Å². The standard InChI is InChI=1S/C18H21N7O3/c1-19-15-9-14(24-17-12(10-21-25(15)17)23-18(26)20-2)22-11-5-3-6-13-16(11)28-8-4-7-27-13/h3,5-6,9-10,19H,4,7-8H2,1-2H3,(H,22,24)(H2,20,23,26). The molecule has 0 atom stereocenters. The van der Waals surface area contributed by atoms with E-state index in [0.29, 0.717) is 47.7 Å². The number of carbonyl (C=O) groups excluding carboxylic acids is 1. The van der Waals surface area contributed by atoms with Crippen molar-refractivity contribution in [1.29, 1.82) is 0 Å². The highest BCUT2D eigenvalue weighted by Crippen LogP contribution is 2.38. The second kappa shape index (κ2) is 7.51. The van der Waals surface area contributed by atoms with Crippen molar-refractivity contribution in [2.45, 2.75) is 6.42 Å². The summed E-state index contributed by atoms with van der Waals surface area (Å²) in [7, 11) is 3.33. The number of hydrogen-bond donors (Lipinski definition) is 4. The summed E-state index contributed by atoms with van der Waals surface area (Å²) < 4.78 is 13.2. The Hall–Kier alpha value is -3.69. The van der Waals surface area contributed by atoms with Crippen molar-refractivity contribution in [3.8, 4) is 11.5 Å². The van der Waals surface area contributed by atoms with Gasteiger partial charge in [-0.05, 0) is 12.1 Å². The van der Waals surface area contributed by atoms with Crippen LogP contribution in [0.5, 0.6) is 11.5 Å². The van der Waals surface area contributed by atoms with Gasteiger partial charge >= 0.3 is 6.03 Å². The van der Waals surface area contributed by atoms with E-state index in [0.717, 1.165) is 12.1 Å². The zero-order chi connectivity index (χ0) is 19.5. The Labute approximate surface area is 161 Å². The lowest BCUT2D eigenvalue weighted by atomic mass is 10.2. The van der Waals surface area contributed by atoms with Crippen molar-refractivity contribution >= 4 is 34.7 Å². The topological polar surface area (TPSA) is 114 Å². The molecular weight excluding hydrogens is 362 g/mol. The Balaban J connectivity index is 1.73. The Morgan fingerprint density at radius 2 is 2.04 bits per heavy atom. The number of anilines is 4. The zero-order valence-electron chi connectivity index (χ0n) is 15.6. The Morgan fingerprint density at radius 3 is 2.86 bits per heavy atom. The molecule has 0 bridgehead atoms. The molecule has 1 aliphatic heterocycles. The minimum absolute atomic E-state index is 0.347. The highest BCUT2D eigenvalue weighted by Gasteiger charge is 2.17. The summed E-state index contributed by atoms with van der Waals surface area (Å²) >= 11 is 0. The van der Waals surface area contributed by atoms with E-state index in [1.165, 1.54) is 0 Å². The van der Waals surface area contributed by atoms with Crippen LogP contribution >= 0.6 is 0 Å². The molecule has 0 fully saturated rings. The maximum Gasteiger partial charge on any atom is 0.319 e. The van der Waals surface area contributed by atoms with Crippen LogP contribution in [0, 0.1) is 0 Å². The number of fused-ring (bicyclic) bond motifs is 2. The highest BCUT2D eigenvalue weighted by molar-refractivity contribution is 5.93. The zero-order valence-corrected chi connectivity index (χ0v) is 15.6. The van der Waals surface area contributed by atoms with Crippen molar-refractivity contribution in [2.75, 3.05) is 43.3 Å². The maximum absolute atomic E-state index is 11.7. The first-order chi connectivity index (χ1) is 13.7. The van der Waals surface area contributed by atoms with Crippen LogP contribution in [-0.4, -0.2) is 47.9 Å². The van der Waals surface area contributed by atoms with E-state index in [2.05, 4.69) is 31.3 Å². The molecule has 3 aromatic rings. The van der Waals surface area contributed by atoms with Gasteiger partial charge in [0, 0.05) is 26.6 Å². The van der Waals surface area contributed by atoms with E-state index in [4.69, 9.17) is 9.47 Å². The number of rotatable bonds is 4. The molecule has 2 aromatic heterocycles. The minimum Gasteiger partial charge on any atom is -0.489 e. The van der Waals surface area contributed by atoms with Crippen molar-refractivity contribution in [1.82, 2.24) is 19.9 Å². The van der Waals surface area contributed by atoms with Gasteiger partial charge in [0.2, 0.25) is 0 Å². The lowest BCUT2D eigenvalue weighted by Crippen LogP contribution is -2.24. The van der Waals surface area contributed by atoms with Crippen molar-refractivity contribution < 1.29 is 14.3 Å². The lowest BCUT2D eigenvalue weighted by molar-refractivity contribution is 0.254. The second-order valence-electron chi connectivity index (χ2n) is 6.08. The molecule has 2 amide bonds. The molecule has 3 heterocycles. The Morgan fingerprint density at radius 1 is 1.18 bits per heavy atom. The largest absolute Gasteiger partial charge is 0.489 e. The van der Waals surface area contributed by atoms with E-state index in [1.54, 1.807) is 24.8 Å². The SMILES string of the molecule is CNC(=O)Nc1cnn2c(NC)cc(Nc3cccc4c3OCCCO4)nc12. The van der Waals surface area contributed by atoms with Gasteiger partial charge in [-0.15, -0.1) is 0 Å². The molecule has 0 unspecified atom stereocenters. The van der Waals surface area contributed by atoms with Gasteiger partial charge in [-0.25, -0.2) is 9.78 Å². The van der Waals surface area contributed by atoms with Crippen LogP contribution < -0.4 is 30.7 Å². The second-order valence-corrected chi connectivity index (χ2v) is 6.08. The summed E-state index contributed by atoms with van der Waals surface area (Å²) in [4.78, 5) is 16.3. The van der Waals surface area contributed by atoms with E-state index >= 15 is 0 Å². The van der Waals surface area contributed by atoms with Gasteiger partial charge < -0.3 is 30.7 Å². The van der Waals surface area contributed by atoms with Crippen molar-refractivity contribution in [2.24, 2.45) is 0 Å². The first-order valence-corrected chi connectivity index (χ1v) is 8.90. The van der Waals surface area contributed by atoms with Gasteiger partial charge in [-0.2, -0.15) is 9.61 Å². The van der Waals surface area contributed by atoms with E-state index < -0.39 is 0 Å². The van der Waals surface area contributed by atoms with E-state index in [1.807, 2.05) is 24.3 Å². The molecule has 10 heteroatoms. The van der Waals surface area contributed by atoms with Crippen LogP contribution in [0.25, 0.3) is 5.65 Å². The fourth-order valence-corrected chi connectivity index (χ4v) is 2.91. The summed E-state index contributed by atoms with van der Waals surface area (Å²) in [5, 5.41) is 15.9. The molecule has 0 saturated heterocycles.